The quantitative estimate of drug-likeness (QED) is 0.910. The van der Waals surface area contributed by atoms with Crippen LogP contribution >= 0.6 is 11.8 Å². The maximum absolute atomic E-state index is 10.1. The molecule has 1 aliphatic rings. The first kappa shape index (κ1) is 12.2. The number of benzene rings is 1. The fraction of sp³-hybridized carbons (Fsp3) is 0.143. The number of pyridine rings is 1. The number of hydrogen-bond donors (Lipinski definition) is 1. The smallest absolute Gasteiger partial charge is 0.157 e. The van der Waals surface area contributed by atoms with E-state index in [1.807, 2.05) is 42.5 Å². The summed E-state index contributed by atoms with van der Waals surface area (Å²) in [7, 11) is 0. The van der Waals surface area contributed by atoms with Crippen molar-refractivity contribution in [3.8, 4) is 0 Å². The highest BCUT2D eigenvalue weighted by Gasteiger charge is 2.23. The molecule has 3 rings (SSSR count). The second-order valence-corrected chi connectivity index (χ2v) is 5.13. The summed E-state index contributed by atoms with van der Waals surface area (Å²) >= 11 is 1.54. The van der Waals surface area contributed by atoms with Crippen LogP contribution in [0.5, 0.6) is 0 Å². The number of hydrogen-bond acceptors (Lipinski definition) is 5. The Labute approximate surface area is 115 Å². The van der Waals surface area contributed by atoms with Gasteiger partial charge in [-0.25, -0.2) is 5.01 Å². The minimum Gasteiger partial charge on any atom is -0.371 e. The SMILES string of the molecule is OC1CSC(c2cccnc2)=NN1c1ccccc1. The summed E-state index contributed by atoms with van der Waals surface area (Å²) in [5, 5.41) is 17.1. The fourth-order valence-electron chi connectivity index (χ4n) is 1.86. The third-order valence-electron chi connectivity index (χ3n) is 2.78. The number of aromatic nitrogens is 1. The summed E-state index contributed by atoms with van der Waals surface area (Å²) in [6.45, 7) is 0. The highest BCUT2D eigenvalue weighted by molar-refractivity contribution is 8.14. The molecule has 0 spiro atoms. The number of aliphatic hydroxyl groups excluding tert-OH is 1. The summed E-state index contributed by atoms with van der Waals surface area (Å²) < 4.78 is 0. The average molecular weight is 271 g/mol. The molecule has 0 saturated carbocycles. The second-order valence-electron chi connectivity index (χ2n) is 4.12. The molecule has 1 aromatic carbocycles. The molecular formula is C14H13N3OS. The van der Waals surface area contributed by atoms with Gasteiger partial charge in [-0.05, 0) is 24.3 Å². The molecule has 19 heavy (non-hydrogen) atoms. The topological polar surface area (TPSA) is 48.7 Å². The van der Waals surface area contributed by atoms with Crippen LogP contribution < -0.4 is 5.01 Å². The van der Waals surface area contributed by atoms with Crippen LogP contribution in [-0.4, -0.2) is 27.1 Å². The Morgan fingerprint density at radius 2 is 2.00 bits per heavy atom. The Kier molecular flexibility index (Phi) is 3.48. The van der Waals surface area contributed by atoms with Gasteiger partial charge in [-0.1, -0.05) is 30.0 Å². The lowest BCUT2D eigenvalue weighted by Gasteiger charge is -2.29. The lowest BCUT2D eigenvalue weighted by atomic mass is 10.3. The van der Waals surface area contributed by atoms with Gasteiger partial charge in [0, 0.05) is 23.7 Å². The molecule has 1 aliphatic heterocycles. The van der Waals surface area contributed by atoms with Crippen molar-refractivity contribution in [3.05, 3.63) is 60.4 Å². The summed E-state index contributed by atoms with van der Waals surface area (Å²) in [6.07, 6.45) is 2.92. The van der Waals surface area contributed by atoms with Gasteiger partial charge in [0.15, 0.2) is 6.23 Å². The minimum absolute atomic E-state index is 0.586. The van der Waals surface area contributed by atoms with Gasteiger partial charge in [0.25, 0.3) is 0 Å². The second kappa shape index (κ2) is 5.42. The zero-order valence-corrected chi connectivity index (χ0v) is 11.0. The zero-order chi connectivity index (χ0) is 13.1. The van der Waals surface area contributed by atoms with Crippen molar-refractivity contribution < 1.29 is 5.11 Å². The Morgan fingerprint density at radius 3 is 2.74 bits per heavy atom. The van der Waals surface area contributed by atoms with Crippen molar-refractivity contribution in [2.24, 2.45) is 5.10 Å². The first-order valence-corrected chi connectivity index (χ1v) is 6.97. The average Bonchev–Trinajstić information content (AvgIpc) is 2.49. The normalized spacial score (nSPS) is 19.1. The monoisotopic (exact) mass is 271 g/mol. The van der Waals surface area contributed by atoms with Crippen molar-refractivity contribution in [3.63, 3.8) is 0 Å². The molecule has 1 aromatic heterocycles. The molecule has 96 valence electrons. The molecule has 1 atom stereocenters. The van der Waals surface area contributed by atoms with Crippen LogP contribution in [0.15, 0.2) is 60.0 Å². The third kappa shape index (κ3) is 2.62. The van der Waals surface area contributed by atoms with Gasteiger partial charge in [0.05, 0.1) is 5.69 Å². The lowest BCUT2D eigenvalue weighted by molar-refractivity contribution is 0.193. The Hall–Kier alpha value is -1.85. The molecule has 0 saturated heterocycles. The zero-order valence-electron chi connectivity index (χ0n) is 10.2. The predicted molar refractivity (Wildman–Crippen MR) is 78.2 cm³/mol. The summed E-state index contributed by atoms with van der Waals surface area (Å²) in [6, 6.07) is 13.5. The van der Waals surface area contributed by atoms with Crippen LogP contribution in [0.1, 0.15) is 5.56 Å². The molecule has 1 unspecified atom stereocenters. The maximum atomic E-state index is 10.1. The van der Waals surface area contributed by atoms with E-state index in [1.54, 1.807) is 29.2 Å². The van der Waals surface area contributed by atoms with Crippen molar-refractivity contribution in [2.75, 3.05) is 10.8 Å². The fourth-order valence-corrected chi connectivity index (χ4v) is 2.74. The number of rotatable bonds is 2. The van der Waals surface area contributed by atoms with Gasteiger partial charge in [0.1, 0.15) is 5.04 Å². The van der Waals surface area contributed by atoms with E-state index < -0.39 is 6.23 Å². The van der Waals surface area contributed by atoms with E-state index in [0.29, 0.717) is 5.75 Å². The first-order valence-electron chi connectivity index (χ1n) is 5.99. The lowest BCUT2D eigenvalue weighted by Crippen LogP contribution is -2.37. The molecule has 5 heteroatoms. The molecule has 0 fully saturated rings. The van der Waals surface area contributed by atoms with Crippen molar-refractivity contribution in [2.45, 2.75) is 6.23 Å². The molecular weight excluding hydrogens is 258 g/mol. The van der Waals surface area contributed by atoms with Crippen molar-refractivity contribution in [1.29, 1.82) is 0 Å². The summed E-state index contributed by atoms with van der Waals surface area (Å²) in [5.41, 5.74) is 1.86. The van der Waals surface area contributed by atoms with Gasteiger partial charge in [-0.15, -0.1) is 0 Å². The maximum Gasteiger partial charge on any atom is 0.157 e. The Bertz CT molecular complexity index is 574. The Morgan fingerprint density at radius 1 is 1.16 bits per heavy atom. The largest absolute Gasteiger partial charge is 0.371 e. The predicted octanol–water partition coefficient (Wildman–Crippen LogP) is 2.32. The van der Waals surface area contributed by atoms with Crippen LogP contribution in [0.25, 0.3) is 0 Å². The van der Waals surface area contributed by atoms with E-state index >= 15 is 0 Å². The molecule has 0 amide bonds. The van der Waals surface area contributed by atoms with Crippen LogP contribution in [0.3, 0.4) is 0 Å². The molecule has 0 bridgehead atoms. The van der Waals surface area contributed by atoms with E-state index in [9.17, 15) is 5.11 Å². The van der Waals surface area contributed by atoms with Gasteiger partial charge in [0.2, 0.25) is 0 Å². The number of nitrogens with zero attached hydrogens (tertiary/aromatic N) is 3. The molecule has 2 heterocycles. The highest BCUT2D eigenvalue weighted by atomic mass is 32.2. The Balaban J connectivity index is 1.96. The van der Waals surface area contributed by atoms with Gasteiger partial charge in [-0.3, -0.25) is 4.98 Å². The first-order chi connectivity index (χ1) is 9.34. The van der Waals surface area contributed by atoms with Gasteiger partial charge in [-0.2, -0.15) is 5.10 Å². The summed E-state index contributed by atoms with van der Waals surface area (Å²) in [4.78, 5) is 4.10. The standard InChI is InChI=1S/C14H13N3OS/c18-13-10-19-14(11-5-4-8-15-9-11)16-17(13)12-6-2-1-3-7-12/h1-9,13,18H,10H2. The number of thioether (sulfide) groups is 1. The number of para-hydroxylation sites is 1. The minimum atomic E-state index is -0.604. The van der Waals surface area contributed by atoms with E-state index in [4.69, 9.17) is 0 Å². The molecule has 4 nitrogen and oxygen atoms in total. The molecule has 0 aliphatic carbocycles. The van der Waals surface area contributed by atoms with Crippen molar-refractivity contribution in [1.82, 2.24) is 4.98 Å². The number of anilines is 1. The van der Waals surface area contributed by atoms with Crippen LogP contribution in [0.2, 0.25) is 0 Å². The molecule has 2 aromatic rings. The van der Waals surface area contributed by atoms with E-state index in [2.05, 4.69) is 10.1 Å². The van der Waals surface area contributed by atoms with Crippen LogP contribution in [0, 0.1) is 0 Å². The van der Waals surface area contributed by atoms with Crippen LogP contribution in [0.4, 0.5) is 5.69 Å². The van der Waals surface area contributed by atoms with Gasteiger partial charge < -0.3 is 5.11 Å². The van der Waals surface area contributed by atoms with E-state index in [-0.39, 0.29) is 0 Å². The van der Waals surface area contributed by atoms with E-state index in [1.165, 1.54) is 0 Å². The van der Waals surface area contributed by atoms with E-state index in [0.717, 1.165) is 16.3 Å². The highest BCUT2D eigenvalue weighted by Crippen LogP contribution is 2.26. The molecule has 1 N–H and O–H groups in total. The van der Waals surface area contributed by atoms with Gasteiger partial charge >= 0.3 is 0 Å². The summed E-state index contributed by atoms with van der Waals surface area (Å²) in [5.74, 6) is 0.586. The molecule has 0 radical (unpaired) electrons. The number of hydrazone groups is 1. The van der Waals surface area contributed by atoms with Crippen molar-refractivity contribution >= 4 is 22.5 Å². The number of aliphatic hydroxyl groups is 1. The third-order valence-corrected chi connectivity index (χ3v) is 3.83. The van der Waals surface area contributed by atoms with Crippen LogP contribution in [-0.2, 0) is 0 Å².